The fourth-order valence-corrected chi connectivity index (χ4v) is 7.15. The van der Waals surface area contributed by atoms with Crippen molar-refractivity contribution in [3.63, 3.8) is 0 Å². The van der Waals surface area contributed by atoms with Gasteiger partial charge in [0.2, 0.25) is 12.7 Å². The summed E-state index contributed by atoms with van der Waals surface area (Å²) in [5.41, 5.74) is 0.960. The number of fused-ring (bicyclic) bond motifs is 5. The van der Waals surface area contributed by atoms with E-state index in [1.165, 1.54) is 12.1 Å². The molecule has 10 heteroatoms. The second-order valence-electron chi connectivity index (χ2n) is 10.1. The zero-order valence-corrected chi connectivity index (χ0v) is 20.8. The first kappa shape index (κ1) is 23.2. The second kappa shape index (κ2) is 8.28. The maximum Gasteiger partial charge on any atom is 0.269 e. The normalized spacial score (nSPS) is 26.9. The van der Waals surface area contributed by atoms with Crippen molar-refractivity contribution in [3.05, 3.63) is 92.5 Å². The maximum absolute atomic E-state index is 14.6. The molecule has 0 saturated carbocycles. The van der Waals surface area contributed by atoms with Crippen molar-refractivity contribution in [2.24, 2.45) is 5.92 Å². The number of amides is 1. The molecule has 9 nitrogen and oxygen atoms in total. The van der Waals surface area contributed by atoms with Crippen LogP contribution in [0.2, 0.25) is 5.02 Å². The third-order valence-corrected chi connectivity index (χ3v) is 8.60. The highest BCUT2D eigenvalue weighted by Gasteiger charge is 2.69. The number of Topliss-reactive ketones (excluding diaryl/α,β-unsaturated/α-hetero) is 1. The average Bonchev–Trinajstić information content (AvgIpc) is 3.68. The van der Waals surface area contributed by atoms with Gasteiger partial charge in [0.25, 0.3) is 5.69 Å². The van der Waals surface area contributed by atoms with Crippen molar-refractivity contribution in [1.29, 1.82) is 0 Å². The Hall–Kier alpha value is -3.95. The zero-order chi connectivity index (χ0) is 26.2. The quantitative estimate of drug-likeness (QED) is 0.290. The monoisotopic (exact) mass is 531 g/mol. The molecule has 0 radical (unpaired) electrons. The molecule has 4 atom stereocenters. The van der Waals surface area contributed by atoms with Gasteiger partial charge in [-0.05, 0) is 61.3 Å². The van der Waals surface area contributed by atoms with Gasteiger partial charge >= 0.3 is 0 Å². The number of hydrogen-bond acceptors (Lipinski definition) is 7. The van der Waals surface area contributed by atoms with Gasteiger partial charge in [-0.15, -0.1) is 0 Å². The summed E-state index contributed by atoms with van der Waals surface area (Å²) in [6, 6.07) is 16.5. The van der Waals surface area contributed by atoms with E-state index in [1.807, 2.05) is 6.07 Å². The minimum absolute atomic E-state index is 0.0541. The number of hydrogen-bond donors (Lipinski definition) is 1. The number of ether oxygens (including phenoxy) is 2. The summed E-state index contributed by atoms with van der Waals surface area (Å²) in [7, 11) is 0. The Balaban J connectivity index is 1.47. The molecular formula is C28H22ClN3O6. The van der Waals surface area contributed by atoms with E-state index in [-0.39, 0.29) is 30.2 Å². The molecule has 3 unspecified atom stereocenters. The van der Waals surface area contributed by atoms with Crippen LogP contribution in [0.4, 0.5) is 11.4 Å². The smallest absolute Gasteiger partial charge is 0.269 e. The third kappa shape index (κ3) is 3.09. The van der Waals surface area contributed by atoms with Crippen LogP contribution < -0.4 is 14.8 Å². The number of nitro groups is 1. The van der Waals surface area contributed by atoms with Crippen molar-refractivity contribution in [3.8, 4) is 11.5 Å². The molecule has 7 rings (SSSR count). The molecule has 1 amide bonds. The second-order valence-corrected chi connectivity index (χ2v) is 10.5. The summed E-state index contributed by atoms with van der Waals surface area (Å²) in [4.78, 5) is 42.1. The van der Waals surface area contributed by atoms with E-state index in [1.54, 1.807) is 42.5 Å². The van der Waals surface area contributed by atoms with Crippen LogP contribution in [0.5, 0.6) is 11.5 Å². The van der Waals surface area contributed by atoms with Crippen molar-refractivity contribution >= 4 is 34.7 Å². The van der Waals surface area contributed by atoms with Crippen molar-refractivity contribution < 1.29 is 24.0 Å². The van der Waals surface area contributed by atoms with Crippen LogP contribution in [0.15, 0.2) is 60.7 Å². The average molecular weight is 532 g/mol. The van der Waals surface area contributed by atoms with Crippen LogP contribution >= 0.6 is 11.6 Å². The van der Waals surface area contributed by atoms with Gasteiger partial charge in [0.05, 0.1) is 10.8 Å². The van der Waals surface area contributed by atoms with Gasteiger partial charge in [0, 0.05) is 45.9 Å². The molecule has 4 heterocycles. The molecule has 0 bridgehead atoms. The Bertz CT molecular complexity index is 1540. The Labute approximate surface area is 222 Å². The number of ketones is 1. The molecule has 4 aliphatic rings. The number of halogens is 1. The van der Waals surface area contributed by atoms with Gasteiger partial charge in [-0.3, -0.25) is 24.6 Å². The molecular weight excluding hydrogens is 510 g/mol. The highest BCUT2D eigenvalue weighted by atomic mass is 35.5. The van der Waals surface area contributed by atoms with Gasteiger partial charge in [-0.1, -0.05) is 23.7 Å². The number of nitro benzene ring substituents is 1. The lowest BCUT2D eigenvalue weighted by molar-refractivity contribution is -0.384. The van der Waals surface area contributed by atoms with Gasteiger partial charge in [-0.25, -0.2) is 0 Å². The molecule has 1 N–H and O–H groups in total. The molecule has 2 fully saturated rings. The minimum atomic E-state index is -1.32. The molecule has 192 valence electrons. The predicted molar refractivity (Wildman–Crippen MR) is 138 cm³/mol. The van der Waals surface area contributed by atoms with Crippen LogP contribution in [0, 0.1) is 16.0 Å². The van der Waals surface area contributed by atoms with E-state index in [2.05, 4.69) is 10.2 Å². The number of nitrogens with one attached hydrogen (secondary N) is 1. The van der Waals surface area contributed by atoms with E-state index >= 15 is 0 Å². The van der Waals surface area contributed by atoms with Crippen LogP contribution in [0.25, 0.3) is 0 Å². The number of benzene rings is 3. The first-order valence-corrected chi connectivity index (χ1v) is 12.8. The summed E-state index contributed by atoms with van der Waals surface area (Å²) < 4.78 is 11.0. The number of carbonyl (C=O) groups excluding carboxylic acids is 2. The Morgan fingerprint density at radius 1 is 1.11 bits per heavy atom. The van der Waals surface area contributed by atoms with Crippen molar-refractivity contribution in [2.75, 3.05) is 18.7 Å². The highest BCUT2D eigenvalue weighted by Crippen LogP contribution is 2.61. The lowest BCUT2D eigenvalue weighted by Gasteiger charge is -2.37. The summed E-state index contributed by atoms with van der Waals surface area (Å²) >= 11 is 6.44. The van der Waals surface area contributed by atoms with E-state index in [0.717, 1.165) is 12.8 Å². The van der Waals surface area contributed by atoms with Crippen LogP contribution in [-0.4, -0.2) is 40.9 Å². The predicted octanol–water partition coefficient (Wildman–Crippen LogP) is 4.89. The van der Waals surface area contributed by atoms with Gasteiger partial charge in [-0.2, -0.15) is 0 Å². The Kier molecular flexibility index (Phi) is 5.05. The fraction of sp³-hybridized carbons (Fsp3) is 0.286. The van der Waals surface area contributed by atoms with E-state index < -0.39 is 22.3 Å². The Morgan fingerprint density at radius 3 is 2.79 bits per heavy atom. The van der Waals surface area contributed by atoms with Gasteiger partial charge in [0.1, 0.15) is 5.54 Å². The van der Waals surface area contributed by atoms with E-state index in [0.29, 0.717) is 45.4 Å². The SMILES string of the molecule is O=C(c1ccc2c(c1)OCO2)C1C(c2cccc([N+](=O)[O-])c2)C2CCCN2[C@@]12C(=O)Nc1ccc(Cl)cc12. The molecule has 4 aliphatic heterocycles. The van der Waals surface area contributed by atoms with Crippen LogP contribution in [-0.2, 0) is 10.3 Å². The molecule has 38 heavy (non-hydrogen) atoms. The topological polar surface area (TPSA) is 111 Å². The molecule has 1 spiro atoms. The Morgan fingerprint density at radius 2 is 1.95 bits per heavy atom. The standard InChI is InChI=1S/C28H22ClN3O6/c29-17-7-8-20-19(13-17)28(27(34)30-20)25(26(33)16-6-9-22-23(12-16)38-14-37-22)24(21-5-2-10-31(21)28)15-3-1-4-18(11-15)32(35)36/h1,3-4,6-9,11-13,21,24-25H,2,5,10,14H2,(H,30,34)/t21?,24?,25?,28-/m1/s1. The first-order chi connectivity index (χ1) is 18.4. The van der Waals surface area contributed by atoms with Gasteiger partial charge in [0.15, 0.2) is 17.3 Å². The van der Waals surface area contributed by atoms with Crippen LogP contribution in [0.3, 0.4) is 0 Å². The fourth-order valence-electron chi connectivity index (χ4n) is 6.98. The third-order valence-electron chi connectivity index (χ3n) is 8.37. The van der Waals surface area contributed by atoms with Crippen molar-refractivity contribution in [1.82, 2.24) is 4.90 Å². The maximum atomic E-state index is 14.6. The van der Waals surface area contributed by atoms with Crippen molar-refractivity contribution in [2.45, 2.75) is 30.3 Å². The lowest BCUT2D eigenvalue weighted by atomic mass is 9.68. The first-order valence-electron chi connectivity index (χ1n) is 12.5. The van der Waals surface area contributed by atoms with E-state index in [4.69, 9.17) is 21.1 Å². The summed E-state index contributed by atoms with van der Waals surface area (Å²) in [5.74, 6) is -0.837. The summed E-state index contributed by atoms with van der Waals surface area (Å²) in [6.45, 7) is 0.682. The number of anilines is 1. The number of nitrogens with zero attached hydrogens (tertiary/aromatic N) is 2. The zero-order valence-electron chi connectivity index (χ0n) is 20.1. The lowest BCUT2D eigenvalue weighted by Crippen LogP contribution is -2.52. The number of non-ortho nitro benzene ring substituents is 1. The molecule has 0 aliphatic carbocycles. The summed E-state index contributed by atoms with van der Waals surface area (Å²) in [6.07, 6.45) is 1.59. The number of rotatable bonds is 4. The summed E-state index contributed by atoms with van der Waals surface area (Å²) in [5, 5.41) is 15.1. The van der Waals surface area contributed by atoms with Crippen LogP contribution in [0.1, 0.15) is 40.2 Å². The number of carbonyl (C=O) groups is 2. The largest absolute Gasteiger partial charge is 0.454 e. The molecule has 3 aromatic rings. The minimum Gasteiger partial charge on any atom is -0.454 e. The highest BCUT2D eigenvalue weighted by molar-refractivity contribution is 6.31. The van der Waals surface area contributed by atoms with Gasteiger partial charge < -0.3 is 14.8 Å². The molecule has 0 aromatic heterocycles. The molecule has 3 aromatic carbocycles. The molecule has 2 saturated heterocycles. The van der Waals surface area contributed by atoms with E-state index in [9.17, 15) is 19.7 Å².